The number of halogens is 1. The number of nitrogens with zero attached hydrogens (tertiary/aromatic N) is 1. The zero-order valence-corrected chi connectivity index (χ0v) is 16.0. The molecular weight excluding hydrogens is 350 g/mol. The molecule has 0 radical (unpaired) electrons. The molecule has 2 aromatic carbocycles. The fourth-order valence-corrected chi connectivity index (χ4v) is 3.55. The van der Waals surface area contributed by atoms with Crippen molar-refractivity contribution in [3.05, 3.63) is 53.1 Å². The van der Waals surface area contributed by atoms with Crippen LogP contribution in [0.25, 0.3) is 0 Å². The average Bonchev–Trinajstić information content (AvgIpc) is 2.63. The number of methoxy groups -OCH3 is 1. The van der Waals surface area contributed by atoms with Crippen molar-refractivity contribution in [1.82, 2.24) is 0 Å². The third kappa shape index (κ3) is 4.48. The van der Waals surface area contributed by atoms with Crippen molar-refractivity contribution in [2.45, 2.75) is 6.92 Å². The molecule has 1 aliphatic rings. The molecule has 6 heteroatoms. The highest BCUT2D eigenvalue weighted by molar-refractivity contribution is 6.33. The van der Waals surface area contributed by atoms with Crippen LogP contribution in [0.4, 0.5) is 11.4 Å². The summed E-state index contributed by atoms with van der Waals surface area (Å²) in [5.41, 5.74) is 2.88. The van der Waals surface area contributed by atoms with E-state index in [2.05, 4.69) is 10.2 Å². The minimum absolute atomic E-state index is 0.00935. The molecular formula is C20H25ClN3O2+. The summed E-state index contributed by atoms with van der Waals surface area (Å²) in [6, 6.07) is 13.7. The van der Waals surface area contributed by atoms with Gasteiger partial charge in [0.05, 0.1) is 49.7 Å². The number of piperazine rings is 1. The second-order valence-corrected chi connectivity index (χ2v) is 7.02. The van der Waals surface area contributed by atoms with Crippen LogP contribution in [0.2, 0.25) is 5.02 Å². The smallest absolute Gasteiger partial charge is 0.279 e. The molecule has 0 saturated carbocycles. The fourth-order valence-electron chi connectivity index (χ4n) is 3.29. The largest absolute Gasteiger partial charge is 0.495 e. The minimum atomic E-state index is 0.00935. The summed E-state index contributed by atoms with van der Waals surface area (Å²) in [5.74, 6) is 0.692. The highest BCUT2D eigenvalue weighted by atomic mass is 35.5. The monoisotopic (exact) mass is 374 g/mol. The number of carbonyl (C=O) groups is 1. The topological polar surface area (TPSA) is 46.0 Å². The Kier molecular flexibility index (Phi) is 6.01. The van der Waals surface area contributed by atoms with E-state index in [9.17, 15) is 4.79 Å². The van der Waals surface area contributed by atoms with E-state index in [0.29, 0.717) is 12.3 Å². The van der Waals surface area contributed by atoms with Crippen LogP contribution in [-0.4, -0.2) is 45.7 Å². The van der Waals surface area contributed by atoms with Gasteiger partial charge in [0.25, 0.3) is 5.91 Å². The predicted molar refractivity (Wildman–Crippen MR) is 106 cm³/mol. The van der Waals surface area contributed by atoms with Crippen molar-refractivity contribution in [2.75, 3.05) is 50.1 Å². The molecule has 1 fully saturated rings. The van der Waals surface area contributed by atoms with E-state index in [1.54, 1.807) is 7.11 Å². The van der Waals surface area contributed by atoms with Crippen molar-refractivity contribution in [2.24, 2.45) is 0 Å². The lowest BCUT2D eigenvalue weighted by Crippen LogP contribution is -3.15. The number of carbonyl (C=O) groups excluding carboxylic acids is 1. The standard InChI is InChI=1S/C20H24ClN3O2/c1-15-7-8-19(26-2)17(13-15)22-20(25)14-23-9-11-24(12-10-23)18-6-4-3-5-16(18)21/h3-8,13H,9-12,14H2,1-2H3,(H,22,25)/p+1. The van der Waals surface area contributed by atoms with Gasteiger partial charge in [-0.2, -0.15) is 0 Å². The quantitative estimate of drug-likeness (QED) is 0.841. The van der Waals surface area contributed by atoms with E-state index in [0.717, 1.165) is 48.1 Å². The first-order valence-corrected chi connectivity index (χ1v) is 9.22. The normalized spacial score (nSPS) is 15.0. The summed E-state index contributed by atoms with van der Waals surface area (Å²) in [5, 5.41) is 3.76. The van der Waals surface area contributed by atoms with Crippen molar-refractivity contribution < 1.29 is 14.4 Å². The average molecular weight is 375 g/mol. The Morgan fingerprint density at radius 1 is 1.23 bits per heavy atom. The van der Waals surface area contributed by atoms with E-state index in [1.165, 1.54) is 4.90 Å². The van der Waals surface area contributed by atoms with Gasteiger partial charge >= 0.3 is 0 Å². The van der Waals surface area contributed by atoms with Crippen LogP contribution >= 0.6 is 11.6 Å². The second kappa shape index (κ2) is 8.43. The van der Waals surface area contributed by atoms with Gasteiger partial charge in [0.2, 0.25) is 0 Å². The van der Waals surface area contributed by atoms with Crippen LogP contribution in [0.3, 0.4) is 0 Å². The van der Waals surface area contributed by atoms with Crippen LogP contribution in [0, 0.1) is 6.92 Å². The number of benzene rings is 2. The van der Waals surface area contributed by atoms with Crippen molar-refractivity contribution in [1.29, 1.82) is 0 Å². The van der Waals surface area contributed by atoms with Crippen LogP contribution in [0.1, 0.15) is 5.56 Å². The SMILES string of the molecule is COc1ccc(C)cc1NC(=O)C[NH+]1CCN(c2ccccc2Cl)CC1. The molecule has 1 saturated heterocycles. The summed E-state index contributed by atoms with van der Waals surface area (Å²) >= 11 is 6.29. The van der Waals surface area contributed by atoms with E-state index in [-0.39, 0.29) is 5.91 Å². The molecule has 0 aliphatic carbocycles. The van der Waals surface area contributed by atoms with Gasteiger partial charge < -0.3 is 19.9 Å². The van der Waals surface area contributed by atoms with E-state index in [4.69, 9.17) is 16.3 Å². The lowest BCUT2D eigenvalue weighted by Gasteiger charge is -2.33. The number of rotatable bonds is 5. The van der Waals surface area contributed by atoms with E-state index >= 15 is 0 Å². The van der Waals surface area contributed by atoms with Gasteiger partial charge in [-0.1, -0.05) is 29.8 Å². The number of quaternary nitrogens is 1. The fraction of sp³-hybridized carbons (Fsp3) is 0.350. The third-order valence-corrected chi connectivity index (χ3v) is 5.02. The van der Waals surface area contributed by atoms with Gasteiger partial charge in [-0.05, 0) is 36.8 Å². The van der Waals surface area contributed by atoms with E-state index < -0.39 is 0 Å². The predicted octanol–water partition coefficient (Wildman–Crippen LogP) is 2.00. The summed E-state index contributed by atoms with van der Waals surface area (Å²) < 4.78 is 5.32. The van der Waals surface area contributed by atoms with Crippen molar-refractivity contribution in [3.8, 4) is 5.75 Å². The van der Waals surface area contributed by atoms with Gasteiger partial charge in [0, 0.05) is 0 Å². The lowest BCUT2D eigenvalue weighted by atomic mass is 10.2. The number of aryl methyl sites for hydroxylation is 1. The third-order valence-electron chi connectivity index (χ3n) is 4.70. The van der Waals surface area contributed by atoms with Gasteiger partial charge in [0.15, 0.2) is 6.54 Å². The first-order valence-electron chi connectivity index (χ1n) is 8.84. The Hall–Kier alpha value is -2.24. The summed E-state index contributed by atoms with van der Waals surface area (Å²) in [4.78, 5) is 16.0. The molecule has 2 aromatic rings. The molecule has 26 heavy (non-hydrogen) atoms. The molecule has 0 unspecified atom stereocenters. The molecule has 0 bridgehead atoms. The number of anilines is 2. The van der Waals surface area contributed by atoms with Crippen molar-refractivity contribution >= 4 is 28.9 Å². The second-order valence-electron chi connectivity index (χ2n) is 6.62. The summed E-state index contributed by atoms with van der Waals surface area (Å²) in [7, 11) is 1.61. The van der Waals surface area contributed by atoms with E-state index in [1.807, 2.05) is 49.4 Å². The van der Waals surface area contributed by atoms with Crippen LogP contribution in [-0.2, 0) is 4.79 Å². The Morgan fingerprint density at radius 2 is 1.96 bits per heavy atom. The van der Waals surface area contributed by atoms with Crippen LogP contribution in [0.5, 0.6) is 5.75 Å². The molecule has 2 N–H and O–H groups in total. The maximum absolute atomic E-state index is 12.4. The number of hydrogen-bond acceptors (Lipinski definition) is 3. The van der Waals surface area contributed by atoms with Crippen LogP contribution in [0.15, 0.2) is 42.5 Å². The summed E-state index contributed by atoms with van der Waals surface area (Å²) in [6.07, 6.45) is 0. The lowest BCUT2D eigenvalue weighted by molar-refractivity contribution is -0.892. The zero-order valence-electron chi connectivity index (χ0n) is 15.2. The molecule has 1 amide bonds. The van der Waals surface area contributed by atoms with Gasteiger partial charge in [-0.3, -0.25) is 4.79 Å². The number of amides is 1. The molecule has 1 heterocycles. The van der Waals surface area contributed by atoms with Crippen LogP contribution < -0.4 is 19.9 Å². The molecule has 1 aliphatic heterocycles. The Balaban J connectivity index is 1.54. The van der Waals surface area contributed by atoms with Gasteiger partial charge in [-0.15, -0.1) is 0 Å². The number of hydrogen-bond donors (Lipinski definition) is 2. The van der Waals surface area contributed by atoms with Gasteiger partial charge in [-0.25, -0.2) is 0 Å². The number of ether oxygens (including phenoxy) is 1. The molecule has 3 rings (SSSR count). The number of nitrogens with one attached hydrogen (secondary N) is 2. The zero-order chi connectivity index (χ0) is 18.5. The number of para-hydroxylation sites is 1. The van der Waals surface area contributed by atoms with Gasteiger partial charge in [0.1, 0.15) is 5.75 Å². The van der Waals surface area contributed by atoms with Crippen molar-refractivity contribution in [3.63, 3.8) is 0 Å². The summed E-state index contributed by atoms with van der Waals surface area (Å²) in [6.45, 7) is 6.04. The minimum Gasteiger partial charge on any atom is -0.495 e. The highest BCUT2D eigenvalue weighted by Gasteiger charge is 2.23. The molecule has 0 spiro atoms. The Labute approximate surface area is 159 Å². The Bertz CT molecular complexity index is 773. The Morgan fingerprint density at radius 3 is 2.65 bits per heavy atom. The molecule has 5 nitrogen and oxygen atoms in total. The first kappa shape index (κ1) is 18.5. The first-order chi connectivity index (χ1) is 12.6. The molecule has 0 aromatic heterocycles. The maximum atomic E-state index is 12.4. The maximum Gasteiger partial charge on any atom is 0.279 e. The molecule has 138 valence electrons. The molecule has 0 atom stereocenters. The highest BCUT2D eigenvalue weighted by Crippen LogP contribution is 2.25.